The van der Waals surface area contributed by atoms with Gasteiger partial charge in [-0.3, -0.25) is 0 Å². The molecule has 1 atom stereocenters. The second kappa shape index (κ2) is 7.26. The SMILES string of the molecule is CSCC(C)(O)CNS(=O)(=O)Cc1cccc(C(=O)O)c1. The lowest BCUT2D eigenvalue weighted by molar-refractivity contribution is 0.0696. The number of carboxylic acid groups (broad SMARTS) is 1. The van der Waals surface area contributed by atoms with Crippen molar-refractivity contribution in [3.05, 3.63) is 35.4 Å². The molecule has 3 N–H and O–H groups in total. The summed E-state index contributed by atoms with van der Waals surface area (Å²) in [4.78, 5) is 10.8. The van der Waals surface area contributed by atoms with Crippen LogP contribution in [0, 0.1) is 0 Å². The van der Waals surface area contributed by atoms with Gasteiger partial charge in [0.05, 0.1) is 16.9 Å². The van der Waals surface area contributed by atoms with Gasteiger partial charge in [0.1, 0.15) is 0 Å². The summed E-state index contributed by atoms with van der Waals surface area (Å²) in [6, 6.07) is 5.76. The highest BCUT2D eigenvalue weighted by Gasteiger charge is 2.23. The number of rotatable bonds is 8. The maximum atomic E-state index is 12.0. The molecule has 1 unspecified atom stereocenters. The quantitative estimate of drug-likeness (QED) is 0.653. The minimum Gasteiger partial charge on any atom is -0.478 e. The summed E-state index contributed by atoms with van der Waals surface area (Å²) in [5.74, 6) is -1.03. The van der Waals surface area contributed by atoms with Crippen molar-refractivity contribution in [3.8, 4) is 0 Å². The molecule has 118 valence electrons. The summed E-state index contributed by atoms with van der Waals surface area (Å²) in [7, 11) is -3.64. The first-order valence-electron chi connectivity index (χ1n) is 6.16. The molecule has 6 nitrogen and oxygen atoms in total. The van der Waals surface area contributed by atoms with Gasteiger partial charge in [0.2, 0.25) is 10.0 Å². The van der Waals surface area contributed by atoms with E-state index in [0.717, 1.165) is 0 Å². The highest BCUT2D eigenvalue weighted by molar-refractivity contribution is 7.98. The monoisotopic (exact) mass is 333 g/mol. The van der Waals surface area contributed by atoms with E-state index in [-0.39, 0.29) is 17.9 Å². The molecule has 0 aliphatic carbocycles. The lowest BCUT2D eigenvalue weighted by Gasteiger charge is -2.22. The Labute approximate surface area is 128 Å². The third kappa shape index (κ3) is 6.47. The summed E-state index contributed by atoms with van der Waals surface area (Å²) in [6.45, 7) is 1.46. The van der Waals surface area contributed by atoms with Crippen LogP contribution in [0.2, 0.25) is 0 Å². The van der Waals surface area contributed by atoms with Gasteiger partial charge < -0.3 is 10.2 Å². The second-order valence-electron chi connectivity index (χ2n) is 5.02. The number of benzene rings is 1. The van der Waals surface area contributed by atoms with Crippen molar-refractivity contribution < 1.29 is 23.4 Å². The fourth-order valence-corrected chi connectivity index (χ4v) is 3.67. The molecule has 0 aliphatic rings. The predicted molar refractivity (Wildman–Crippen MR) is 83.0 cm³/mol. The maximum Gasteiger partial charge on any atom is 0.335 e. The zero-order chi connectivity index (χ0) is 16.1. The van der Waals surface area contributed by atoms with E-state index in [1.807, 2.05) is 6.26 Å². The van der Waals surface area contributed by atoms with Crippen LogP contribution >= 0.6 is 11.8 Å². The van der Waals surface area contributed by atoms with Crippen LogP contribution in [-0.2, 0) is 15.8 Å². The fraction of sp³-hybridized carbons (Fsp3) is 0.462. The molecule has 1 aromatic rings. The first-order chi connectivity index (χ1) is 9.65. The van der Waals surface area contributed by atoms with Crippen LogP contribution in [0.4, 0.5) is 0 Å². The predicted octanol–water partition coefficient (Wildman–Crippen LogP) is 0.918. The van der Waals surface area contributed by atoms with Gasteiger partial charge in [0.15, 0.2) is 0 Å². The third-order valence-corrected chi connectivity index (χ3v) is 4.87. The van der Waals surface area contributed by atoms with Crippen molar-refractivity contribution in [2.45, 2.75) is 18.3 Å². The summed E-state index contributed by atoms with van der Waals surface area (Å²) in [6.07, 6.45) is 1.82. The molecule has 8 heteroatoms. The van der Waals surface area contributed by atoms with Gasteiger partial charge in [-0.1, -0.05) is 12.1 Å². The molecule has 0 aromatic heterocycles. The lowest BCUT2D eigenvalue weighted by Crippen LogP contribution is -2.42. The molecule has 1 aromatic carbocycles. The first kappa shape index (κ1) is 18.0. The van der Waals surface area contributed by atoms with E-state index in [4.69, 9.17) is 5.11 Å². The molecule has 0 radical (unpaired) electrons. The number of thioether (sulfide) groups is 1. The third-order valence-electron chi connectivity index (χ3n) is 2.66. The lowest BCUT2D eigenvalue weighted by atomic mass is 10.1. The molecule has 21 heavy (non-hydrogen) atoms. The molecular weight excluding hydrogens is 314 g/mol. The van der Waals surface area contributed by atoms with E-state index in [1.54, 1.807) is 13.0 Å². The first-order valence-corrected chi connectivity index (χ1v) is 9.21. The molecule has 0 bridgehead atoms. The van der Waals surface area contributed by atoms with Gasteiger partial charge in [0.25, 0.3) is 0 Å². The van der Waals surface area contributed by atoms with E-state index < -0.39 is 21.6 Å². The Morgan fingerprint density at radius 2 is 2.10 bits per heavy atom. The van der Waals surface area contributed by atoms with Crippen LogP contribution in [0.5, 0.6) is 0 Å². The summed E-state index contributed by atoms with van der Waals surface area (Å²) in [5, 5.41) is 18.8. The van der Waals surface area contributed by atoms with E-state index in [1.165, 1.54) is 30.0 Å². The van der Waals surface area contributed by atoms with Crippen LogP contribution in [0.3, 0.4) is 0 Å². The number of sulfonamides is 1. The summed E-state index contributed by atoms with van der Waals surface area (Å²) in [5.41, 5.74) is -0.709. The van der Waals surface area contributed by atoms with Crippen molar-refractivity contribution in [1.82, 2.24) is 4.72 Å². The van der Waals surface area contributed by atoms with Crippen molar-refractivity contribution in [2.75, 3.05) is 18.6 Å². The van der Waals surface area contributed by atoms with E-state index in [2.05, 4.69) is 4.72 Å². The molecule has 0 spiro atoms. The number of aliphatic hydroxyl groups is 1. The Bertz CT molecular complexity index is 598. The van der Waals surface area contributed by atoms with Crippen LogP contribution in [0.1, 0.15) is 22.8 Å². The fourth-order valence-electron chi connectivity index (χ4n) is 1.69. The largest absolute Gasteiger partial charge is 0.478 e. The highest BCUT2D eigenvalue weighted by atomic mass is 32.2. The Balaban J connectivity index is 2.72. The molecule has 0 fully saturated rings. The van der Waals surface area contributed by atoms with Crippen molar-refractivity contribution >= 4 is 27.8 Å². The normalized spacial score (nSPS) is 14.6. The minimum atomic E-state index is -3.64. The topological polar surface area (TPSA) is 104 Å². The average molecular weight is 333 g/mol. The molecule has 0 heterocycles. The van der Waals surface area contributed by atoms with Crippen molar-refractivity contribution in [1.29, 1.82) is 0 Å². The van der Waals surface area contributed by atoms with Gasteiger partial charge in [-0.25, -0.2) is 17.9 Å². The Morgan fingerprint density at radius 3 is 2.67 bits per heavy atom. The molecule has 1 rings (SSSR count). The van der Waals surface area contributed by atoms with Crippen molar-refractivity contribution in [2.24, 2.45) is 0 Å². The number of hydrogen-bond donors (Lipinski definition) is 3. The smallest absolute Gasteiger partial charge is 0.335 e. The standard InChI is InChI=1S/C13H19NO5S2/c1-13(17,9-20-2)8-14-21(18,19)7-10-4-3-5-11(6-10)12(15)16/h3-6,14,17H,7-9H2,1-2H3,(H,15,16). The van der Waals surface area contributed by atoms with Gasteiger partial charge >= 0.3 is 5.97 Å². The van der Waals surface area contributed by atoms with Gasteiger partial charge in [-0.05, 0) is 30.9 Å². The molecule has 0 saturated heterocycles. The summed E-state index contributed by atoms with van der Waals surface area (Å²) >= 11 is 1.42. The Morgan fingerprint density at radius 1 is 1.43 bits per heavy atom. The molecule has 0 saturated carbocycles. The van der Waals surface area contributed by atoms with Gasteiger partial charge in [0, 0.05) is 12.3 Å². The Hall–Kier alpha value is -1.09. The summed E-state index contributed by atoms with van der Waals surface area (Å²) < 4.78 is 26.3. The molecular formula is C13H19NO5S2. The van der Waals surface area contributed by atoms with E-state index in [0.29, 0.717) is 11.3 Å². The number of carbonyl (C=O) groups is 1. The molecule has 0 amide bonds. The van der Waals surface area contributed by atoms with Crippen LogP contribution in [0.25, 0.3) is 0 Å². The van der Waals surface area contributed by atoms with E-state index >= 15 is 0 Å². The molecule has 0 aliphatic heterocycles. The maximum absolute atomic E-state index is 12.0. The van der Waals surface area contributed by atoms with Crippen LogP contribution in [0.15, 0.2) is 24.3 Å². The number of hydrogen-bond acceptors (Lipinski definition) is 5. The number of nitrogens with one attached hydrogen (secondary N) is 1. The number of carboxylic acids is 1. The zero-order valence-electron chi connectivity index (χ0n) is 11.9. The van der Waals surface area contributed by atoms with Gasteiger partial charge in [-0.2, -0.15) is 11.8 Å². The number of aromatic carboxylic acids is 1. The van der Waals surface area contributed by atoms with Crippen molar-refractivity contribution in [3.63, 3.8) is 0 Å². The second-order valence-corrected chi connectivity index (χ2v) is 7.69. The highest BCUT2D eigenvalue weighted by Crippen LogP contribution is 2.12. The average Bonchev–Trinajstić information content (AvgIpc) is 2.36. The van der Waals surface area contributed by atoms with Crippen LogP contribution < -0.4 is 4.72 Å². The van der Waals surface area contributed by atoms with Crippen LogP contribution in [-0.4, -0.2) is 48.8 Å². The van der Waals surface area contributed by atoms with Gasteiger partial charge in [-0.15, -0.1) is 0 Å². The minimum absolute atomic E-state index is 0.0390. The zero-order valence-corrected chi connectivity index (χ0v) is 13.5. The Kier molecular flexibility index (Phi) is 6.21. The van der Waals surface area contributed by atoms with E-state index in [9.17, 15) is 18.3 Å².